The van der Waals surface area contributed by atoms with Gasteiger partial charge in [-0.3, -0.25) is 4.79 Å². The summed E-state index contributed by atoms with van der Waals surface area (Å²) in [7, 11) is 0. The summed E-state index contributed by atoms with van der Waals surface area (Å²) >= 11 is 0. The second kappa shape index (κ2) is 7.18. The molecule has 128 valence electrons. The van der Waals surface area contributed by atoms with Crippen LogP contribution in [0.2, 0.25) is 0 Å². The molecule has 5 nitrogen and oxygen atoms in total. The van der Waals surface area contributed by atoms with E-state index in [0.717, 1.165) is 19.6 Å². The van der Waals surface area contributed by atoms with Crippen LogP contribution in [0, 0.1) is 20.8 Å². The van der Waals surface area contributed by atoms with Crippen LogP contribution in [0.1, 0.15) is 45.3 Å². The number of carbonyl (C=O) groups excluding carboxylic acids is 1. The summed E-state index contributed by atoms with van der Waals surface area (Å²) in [6.45, 7) is 9.40. The van der Waals surface area contributed by atoms with Gasteiger partial charge in [-0.05, 0) is 50.8 Å². The summed E-state index contributed by atoms with van der Waals surface area (Å²) in [4.78, 5) is 14.6. The van der Waals surface area contributed by atoms with Crippen LogP contribution in [0.15, 0.2) is 28.8 Å². The number of carbonyl (C=O) groups is 1. The first-order chi connectivity index (χ1) is 11.6. The lowest BCUT2D eigenvalue weighted by atomic mass is 9.94. The monoisotopic (exact) mass is 327 g/mol. The van der Waals surface area contributed by atoms with E-state index in [9.17, 15) is 4.79 Å². The van der Waals surface area contributed by atoms with E-state index in [1.165, 1.54) is 17.5 Å². The molecular formula is C19H25N3O2. The fourth-order valence-corrected chi connectivity index (χ4v) is 3.56. The minimum Gasteiger partial charge on any atom is -0.361 e. The Morgan fingerprint density at radius 1 is 1.33 bits per heavy atom. The van der Waals surface area contributed by atoms with Crippen LogP contribution in [0.5, 0.6) is 0 Å². The zero-order valence-electron chi connectivity index (χ0n) is 14.6. The largest absolute Gasteiger partial charge is 0.361 e. The van der Waals surface area contributed by atoms with Crippen molar-refractivity contribution in [2.75, 3.05) is 26.2 Å². The molecule has 1 aromatic carbocycles. The third-order valence-electron chi connectivity index (χ3n) is 4.87. The van der Waals surface area contributed by atoms with Gasteiger partial charge >= 0.3 is 0 Å². The van der Waals surface area contributed by atoms with E-state index in [2.05, 4.69) is 46.6 Å². The van der Waals surface area contributed by atoms with Gasteiger partial charge in [0.15, 0.2) is 0 Å². The average molecular weight is 327 g/mol. The number of hydrogen-bond donors (Lipinski definition) is 1. The average Bonchev–Trinajstić information content (AvgIpc) is 3.15. The van der Waals surface area contributed by atoms with E-state index in [1.54, 1.807) is 13.8 Å². The number of nitrogens with zero attached hydrogens (tertiary/aromatic N) is 2. The van der Waals surface area contributed by atoms with Crippen LogP contribution in [0.3, 0.4) is 0 Å². The molecule has 1 fully saturated rings. The molecule has 2 aromatic rings. The van der Waals surface area contributed by atoms with E-state index in [1.807, 2.05) is 0 Å². The smallest absolute Gasteiger partial charge is 0.256 e. The van der Waals surface area contributed by atoms with E-state index >= 15 is 0 Å². The number of amides is 1. The number of aromatic nitrogens is 1. The number of likely N-dealkylation sites (tertiary alicyclic amines) is 1. The molecule has 1 N–H and O–H groups in total. The highest BCUT2D eigenvalue weighted by molar-refractivity contribution is 5.96. The van der Waals surface area contributed by atoms with E-state index in [-0.39, 0.29) is 5.91 Å². The number of aryl methyl sites for hydroxylation is 3. The van der Waals surface area contributed by atoms with Gasteiger partial charge < -0.3 is 14.7 Å². The van der Waals surface area contributed by atoms with Crippen LogP contribution in [-0.2, 0) is 0 Å². The van der Waals surface area contributed by atoms with Crippen molar-refractivity contribution in [1.82, 2.24) is 15.4 Å². The Kier molecular flexibility index (Phi) is 5.00. The molecule has 2 heterocycles. The first-order valence-corrected chi connectivity index (χ1v) is 8.55. The quantitative estimate of drug-likeness (QED) is 0.917. The maximum Gasteiger partial charge on any atom is 0.256 e. The summed E-state index contributed by atoms with van der Waals surface area (Å²) in [5.41, 5.74) is 4.04. The van der Waals surface area contributed by atoms with Crippen molar-refractivity contribution >= 4 is 5.91 Å². The fraction of sp³-hybridized carbons (Fsp3) is 0.474. The van der Waals surface area contributed by atoms with E-state index in [0.29, 0.717) is 29.5 Å². The molecule has 1 saturated heterocycles. The van der Waals surface area contributed by atoms with Gasteiger partial charge in [-0.25, -0.2) is 0 Å². The predicted molar refractivity (Wildman–Crippen MR) is 93.3 cm³/mol. The molecule has 0 unspecified atom stereocenters. The summed E-state index contributed by atoms with van der Waals surface area (Å²) in [5.74, 6) is 1.08. The van der Waals surface area contributed by atoms with Crippen molar-refractivity contribution in [3.63, 3.8) is 0 Å². The van der Waals surface area contributed by atoms with Gasteiger partial charge in [-0.2, -0.15) is 0 Å². The lowest BCUT2D eigenvalue weighted by Crippen LogP contribution is -2.34. The fourth-order valence-electron chi connectivity index (χ4n) is 3.56. The van der Waals surface area contributed by atoms with Gasteiger partial charge in [0.05, 0.1) is 5.69 Å². The van der Waals surface area contributed by atoms with Crippen molar-refractivity contribution in [3.05, 3.63) is 52.4 Å². The first-order valence-electron chi connectivity index (χ1n) is 8.55. The Morgan fingerprint density at radius 3 is 2.83 bits per heavy atom. The number of nitrogens with one attached hydrogen (secondary N) is 1. The molecule has 0 saturated carbocycles. The molecule has 1 amide bonds. The van der Waals surface area contributed by atoms with Gasteiger partial charge in [0.1, 0.15) is 11.3 Å². The highest BCUT2D eigenvalue weighted by Gasteiger charge is 2.24. The van der Waals surface area contributed by atoms with Crippen molar-refractivity contribution in [2.24, 2.45) is 0 Å². The van der Waals surface area contributed by atoms with Crippen LogP contribution in [0.25, 0.3) is 0 Å². The Balaban J connectivity index is 1.49. The second-order valence-corrected chi connectivity index (χ2v) is 6.60. The second-order valence-electron chi connectivity index (χ2n) is 6.60. The van der Waals surface area contributed by atoms with Crippen LogP contribution in [-0.4, -0.2) is 42.1 Å². The molecule has 1 aliphatic rings. The minimum atomic E-state index is -0.0964. The summed E-state index contributed by atoms with van der Waals surface area (Å²) in [5, 5.41) is 6.81. The molecule has 5 heteroatoms. The highest BCUT2D eigenvalue weighted by atomic mass is 16.5. The maximum atomic E-state index is 12.2. The van der Waals surface area contributed by atoms with E-state index in [4.69, 9.17) is 4.52 Å². The SMILES string of the molecule is Cc1ccccc1[C@H]1CCN(CCNC(=O)c2c(C)noc2C)C1. The van der Waals surface area contributed by atoms with Crippen molar-refractivity contribution in [1.29, 1.82) is 0 Å². The maximum absolute atomic E-state index is 12.2. The van der Waals surface area contributed by atoms with Gasteiger partial charge in [0.2, 0.25) is 0 Å². The summed E-state index contributed by atoms with van der Waals surface area (Å²) in [6, 6.07) is 8.63. The van der Waals surface area contributed by atoms with Crippen LogP contribution < -0.4 is 5.32 Å². The number of rotatable bonds is 5. The molecule has 0 radical (unpaired) electrons. The normalized spacial score (nSPS) is 18.0. The Morgan fingerprint density at radius 2 is 2.12 bits per heavy atom. The lowest BCUT2D eigenvalue weighted by Gasteiger charge is -2.17. The van der Waals surface area contributed by atoms with Gasteiger partial charge in [0, 0.05) is 19.6 Å². The number of hydrogen-bond acceptors (Lipinski definition) is 4. The van der Waals surface area contributed by atoms with Gasteiger partial charge in [-0.15, -0.1) is 0 Å². The molecule has 1 atom stereocenters. The highest BCUT2D eigenvalue weighted by Crippen LogP contribution is 2.28. The van der Waals surface area contributed by atoms with E-state index < -0.39 is 0 Å². The molecule has 3 rings (SSSR count). The molecule has 0 aliphatic carbocycles. The summed E-state index contributed by atoms with van der Waals surface area (Å²) < 4.78 is 5.05. The molecular weight excluding hydrogens is 302 g/mol. The first kappa shape index (κ1) is 16.7. The predicted octanol–water partition coefficient (Wildman–Crippen LogP) is 2.82. The summed E-state index contributed by atoms with van der Waals surface area (Å²) in [6.07, 6.45) is 1.18. The van der Waals surface area contributed by atoms with Crippen LogP contribution >= 0.6 is 0 Å². The van der Waals surface area contributed by atoms with Crippen molar-refractivity contribution in [2.45, 2.75) is 33.1 Å². The molecule has 0 bridgehead atoms. The third-order valence-corrected chi connectivity index (χ3v) is 4.87. The zero-order chi connectivity index (χ0) is 17.1. The topological polar surface area (TPSA) is 58.4 Å². The lowest BCUT2D eigenvalue weighted by molar-refractivity contribution is 0.0947. The Bertz CT molecular complexity index is 704. The van der Waals surface area contributed by atoms with Crippen molar-refractivity contribution in [3.8, 4) is 0 Å². The minimum absolute atomic E-state index is 0.0964. The molecule has 1 aliphatic heterocycles. The van der Waals surface area contributed by atoms with Crippen LogP contribution in [0.4, 0.5) is 0 Å². The molecule has 1 aromatic heterocycles. The third kappa shape index (κ3) is 3.51. The van der Waals surface area contributed by atoms with Gasteiger partial charge in [0.25, 0.3) is 5.91 Å². The van der Waals surface area contributed by atoms with Gasteiger partial charge in [-0.1, -0.05) is 29.4 Å². The molecule has 0 spiro atoms. The standard InChI is InChI=1S/C19H25N3O2/c1-13-6-4-5-7-17(13)16-8-10-22(12-16)11-9-20-19(23)18-14(2)21-24-15(18)3/h4-7,16H,8-12H2,1-3H3,(H,20,23)/t16-/m0/s1. The molecule has 24 heavy (non-hydrogen) atoms. The Labute approximate surface area is 143 Å². The number of benzene rings is 1. The zero-order valence-corrected chi connectivity index (χ0v) is 14.6. The van der Waals surface area contributed by atoms with Crippen molar-refractivity contribution < 1.29 is 9.32 Å². The Hall–Kier alpha value is -2.14.